The highest BCUT2D eigenvalue weighted by Crippen LogP contribution is 2.43. The number of aromatic hydroxyl groups is 1. The van der Waals surface area contributed by atoms with Crippen LogP contribution in [0.1, 0.15) is 50.7 Å². The number of hydrogen-bond acceptors (Lipinski definition) is 3. The molecule has 3 nitrogen and oxygen atoms in total. The van der Waals surface area contributed by atoms with E-state index in [1.165, 1.54) is 0 Å². The van der Waals surface area contributed by atoms with Gasteiger partial charge in [-0.2, -0.15) is 0 Å². The molecule has 0 saturated heterocycles. The van der Waals surface area contributed by atoms with Crippen molar-refractivity contribution in [2.24, 2.45) is 0 Å². The van der Waals surface area contributed by atoms with Crippen LogP contribution in [0.25, 0.3) is 0 Å². The van der Waals surface area contributed by atoms with Gasteiger partial charge >= 0.3 is 0 Å². The number of para-hydroxylation sites is 3. The van der Waals surface area contributed by atoms with E-state index >= 15 is 0 Å². The van der Waals surface area contributed by atoms with Crippen molar-refractivity contribution in [3.8, 4) is 28.7 Å². The number of ether oxygens (including phenoxy) is 2. The minimum Gasteiger partial charge on any atom is -0.504 e. The van der Waals surface area contributed by atoms with E-state index in [9.17, 15) is 5.11 Å². The van der Waals surface area contributed by atoms with Gasteiger partial charge in [-0.05, 0) is 61.1 Å². The van der Waals surface area contributed by atoms with Gasteiger partial charge in [-0.3, -0.25) is 0 Å². The number of phenols is 1. The van der Waals surface area contributed by atoms with Crippen LogP contribution in [0.4, 0.5) is 0 Å². The first-order valence-corrected chi connectivity index (χ1v) is 10.6. The topological polar surface area (TPSA) is 38.7 Å². The van der Waals surface area contributed by atoms with E-state index in [2.05, 4.69) is 26.0 Å². The zero-order chi connectivity index (χ0) is 20.5. The van der Waals surface area contributed by atoms with E-state index in [0.29, 0.717) is 11.5 Å². The van der Waals surface area contributed by atoms with Crippen molar-refractivity contribution < 1.29 is 14.6 Å². The predicted molar refractivity (Wildman–Crippen MR) is 118 cm³/mol. The van der Waals surface area contributed by atoms with Crippen LogP contribution in [0.3, 0.4) is 0 Å². The Morgan fingerprint density at radius 2 is 1.14 bits per heavy atom. The molecule has 0 saturated carbocycles. The van der Waals surface area contributed by atoms with E-state index in [4.69, 9.17) is 9.47 Å². The van der Waals surface area contributed by atoms with E-state index in [0.717, 1.165) is 61.2 Å². The summed E-state index contributed by atoms with van der Waals surface area (Å²) >= 11 is 0. The molecule has 29 heavy (non-hydrogen) atoms. The molecule has 1 N–H and O–H groups in total. The fraction of sp³-hybridized carbons (Fsp3) is 0.308. The molecule has 3 rings (SSSR count). The predicted octanol–water partition coefficient (Wildman–Crippen LogP) is 7.66. The minimum atomic E-state index is 0.0684. The maximum absolute atomic E-state index is 10.5. The normalized spacial score (nSPS) is 10.7. The lowest BCUT2D eigenvalue weighted by atomic mass is 10.1. The number of rotatable bonds is 10. The van der Waals surface area contributed by atoms with Gasteiger partial charge in [0.1, 0.15) is 11.5 Å². The van der Waals surface area contributed by atoms with Gasteiger partial charge in [0.25, 0.3) is 0 Å². The monoisotopic (exact) mass is 390 g/mol. The molecule has 0 atom stereocenters. The Hall–Kier alpha value is -2.94. The summed E-state index contributed by atoms with van der Waals surface area (Å²) in [4.78, 5) is 0. The van der Waals surface area contributed by atoms with Crippen LogP contribution >= 0.6 is 0 Å². The number of unbranched alkanes of at least 4 members (excludes halogenated alkanes) is 2. The molecule has 0 radical (unpaired) electrons. The Kier molecular flexibility index (Phi) is 7.57. The van der Waals surface area contributed by atoms with Crippen LogP contribution in [-0.4, -0.2) is 5.11 Å². The number of hydrogen-bond donors (Lipinski definition) is 1. The fourth-order valence-corrected chi connectivity index (χ4v) is 3.27. The Morgan fingerprint density at radius 1 is 0.621 bits per heavy atom. The maximum Gasteiger partial charge on any atom is 0.211 e. The molecule has 0 spiro atoms. The highest BCUT2D eigenvalue weighted by molar-refractivity contribution is 5.55. The Morgan fingerprint density at radius 3 is 1.72 bits per heavy atom. The summed E-state index contributed by atoms with van der Waals surface area (Å²) in [6, 6.07) is 21.3. The third-order valence-corrected chi connectivity index (χ3v) is 4.93. The van der Waals surface area contributed by atoms with E-state index in [1.807, 2.05) is 42.5 Å². The van der Waals surface area contributed by atoms with Crippen LogP contribution in [0, 0.1) is 0 Å². The molecule has 0 fully saturated rings. The van der Waals surface area contributed by atoms with E-state index in [-0.39, 0.29) is 5.75 Å². The van der Waals surface area contributed by atoms with Gasteiger partial charge in [0.15, 0.2) is 11.5 Å². The van der Waals surface area contributed by atoms with Gasteiger partial charge in [0.2, 0.25) is 5.75 Å². The summed E-state index contributed by atoms with van der Waals surface area (Å²) in [6.45, 7) is 4.36. The van der Waals surface area contributed by atoms with Gasteiger partial charge in [-0.1, -0.05) is 69.2 Å². The number of aryl methyl sites for hydroxylation is 2. The largest absolute Gasteiger partial charge is 0.504 e. The van der Waals surface area contributed by atoms with Crippen LogP contribution < -0.4 is 9.47 Å². The molecule has 152 valence electrons. The lowest BCUT2D eigenvalue weighted by molar-refractivity contribution is 0.377. The lowest BCUT2D eigenvalue weighted by Crippen LogP contribution is -1.96. The summed E-state index contributed by atoms with van der Waals surface area (Å²) in [5, 5.41) is 10.5. The van der Waals surface area contributed by atoms with Gasteiger partial charge in [0, 0.05) is 0 Å². The van der Waals surface area contributed by atoms with E-state index in [1.54, 1.807) is 12.1 Å². The molecule has 0 aliphatic carbocycles. The summed E-state index contributed by atoms with van der Waals surface area (Å²) in [6.07, 6.45) is 6.35. The van der Waals surface area contributed by atoms with Gasteiger partial charge < -0.3 is 14.6 Å². The van der Waals surface area contributed by atoms with Gasteiger partial charge in [0.05, 0.1) is 0 Å². The first-order chi connectivity index (χ1) is 14.2. The van der Waals surface area contributed by atoms with Crippen LogP contribution in [-0.2, 0) is 12.8 Å². The molecular weight excluding hydrogens is 360 g/mol. The van der Waals surface area contributed by atoms with Crippen molar-refractivity contribution in [3.05, 3.63) is 77.9 Å². The van der Waals surface area contributed by atoms with Gasteiger partial charge in [-0.25, -0.2) is 0 Å². The second-order valence-electron chi connectivity index (χ2n) is 7.23. The van der Waals surface area contributed by atoms with Crippen LogP contribution in [0.15, 0.2) is 66.7 Å². The molecule has 0 heterocycles. The fourth-order valence-electron chi connectivity index (χ4n) is 3.27. The zero-order valence-corrected chi connectivity index (χ0v) is 17.4. The van der Waals surface area contributed by atoms with Crippen molar-refractivity contribution in [1.29, 1.82) is 0 Å². The first-order valence-electron chi connectivity index (χ1n) is 10.6. The molecule has 0 bridgehead atoms. The average Bonchev–Trinajstić information content (AvgIpc) is 2.75. The third kappa shape index (κ3) is 5.54. The second kappa shape index (κ2) is 10.6. The molecule has 0 aliphatic rings. The molecule has 0 unspecified atom stereocenters. The van der Waals surface area contributed by atoms with E-state index < -0.39 is 0 Å². The third-order valence-electron chi connectivity index (χ3n) is 4.93. The summed E-state index contributed by atoms with van der Waals surface area (Å²) in [5.74, 6) is 2.49. The Bertz CT molecular complexity index is 917. The van der Waals surface area contributed by atoms with Crippen molar-refractivity contribution in [2.75, 3.05) is 0 Å². The van der Waals surface area contributed by atoms with Crippen molar-refractivity contribution in [1.82, 2.24) is 0 Å². The smallest absolute Gasteiger partial charge is 0.211 e. The van der Waals surface area contributed by atoms with Gasteiger partial charge in [-0.15, -0.1) is 0 Å². The molecule has 0 aliphatic heterocycles. The SMILES string of the molecule is CCCCc1ccccc1Oc1cccc(O)c1Oc1ccccc1CCCC. The van der Waals surface area contributed by atoms with Crippen LogP contribution in [0.2, 0.25) is 0 Å². The molecular formula is C26H30O3. The molecule has 3 aromatic rings. The highest BCUT2D eigenvalue weighted by Gasteiger charge is 2.16. The zero-order valence-electron chi connectivity index (χ0n) is 17.4. The van der Waals surface area contributed by atoms with Crippen molar-refractivity contribution >= 4 is 0 Å². The Balaban J connectivity index is 1.90. The number of phenolic OH excluding ortho intramolecular Hbond substituents is 1. The molecule has 3 heteroatoms. The van der Waals surface area contributed by atoms with Crippen molar-refractivity contribution in [2.45, 2.75) is 52.4 Å². The maximum atomic E-state index is 10.5. The average molecular weight is 391 g/mol. The van der Waals surface area contributed by atoms with Crippen molar-refractivity contribution in [3.63, 3.8) is 0 Å². The summed E-state index contributed by atoms with van der Waals surface area (Å²) in [7, 11) is 0. The first kappa shape index (κ1) is 20.8. The highest BCUT2D eigenvalue weighted by atomic mass is 16.5. The molecule has 0 aromatic heterocycles. The van der Waals surface area contributed by atoms with Crippen LogP contribution in [0.5, 0.6) is 28.7 Å². The quantitative estimate of drug-likeness (QED) is 0.386. The Labute approximate surface area is 173 Å². The molecule has 3 aromatic carbocycles. The minimum absolute atomic E-state index is 0.0684. The summed E-state index contributed by atoms with van der Waals surface area (Å²) in [5.41, 5.74) is 2.29. The lowest BCUT2D eigenvalue weighted by Gasteiger charge is -2.17. The standard InChI is InChI=1S/C26H30O3/c1-3-5-12-20-14-7-9-17-23(20)28-25-19-11-16-22(27)26(25)29-24-18-10-8-15-21(24)13-6-4-2/h7-11,14-19,27H,3-6,12-13H2,1-2H3. The number of benzene rings is 3. The summed E-state index contributed by atoms with van der Waals surface area (Å²) < 4.78 is 12.4. The molecule has 0 amide bonds. The second-order valence-corrected chi connectivity index (χ2v) is 7.23.